The van der Waals surface area contributed by atoms with Crippen LogP contribution in [0.3, 0.4) is 0 Å². The Bertz CT molecular complexity index is 831. The van der Waals surface area contributed by atoms with Crippen LogP contribution in [0.15, 0.2) is 25.3 Å². The van der Waals surface area contributed by atoms with Crippen LogP contribution in [-0.4, -0.2) is 82.8 Å². The summed E-state index contributed by atoms with van der Waals surface area (Å²) in [6, 6.07) is -0.762. The fraction of sp³-hybridized carbons (Fsp3) is 0.759. The molecule has 37 heavy (non-hydrogen) atoms. The van der Waals surface area contributed by atoms with Crippen LogP contribution in [0, 0.1) is 11.8 Å². The van der Waals surface area contributed by atoms with Gasteiger partial charge in [-0.25, -0.2) is 0 Å². The maximum Gasteiger partial charge on any atom is 0.312 e. The van der Waals surface area contributed by atoms with Gasteiger partial charge in [0.2, 0.25) is 11.8 Å². The first kappa shape index (κ1) is 29.4. The monoisotopic (exact) mass is 518 g/mol. The van der Waals surface area contributed by atoms with Crippen LogP contribution in [-0.2, 0) is 23.9 Å². The van der Waals surface area contributed by atoms with Gasteiger partial charge in [0.15, 0.2) is 0 Å². The van der Waals surface area contributed by atoms with E-state index in [0.717, 1.165) is 44.9 Å². The Kier molecular flexibility index (Phi) is 10.8. The Labute approximate surface area is 222 Å². The third-order valence-electron chi connectivity index (χ3n) is 8.26. The van der Waals surface area contributed by atoms with Crippen molar-refractivity contribution in [2.24, 2.45) is 11.8 Å². The minimum absolute atomic E-state index is 0.00307. The fourth-order valence-electron chi connectivity index (χ4n) is 6.54. The summed E-state index contributed by atoms with van der Waals surface area (Å²) in [5.41, 5.74) is -1.000. The molecule has 3 unspecified atom stereocenters. The summed E-state index contributed by atoms with van der Waals surface area (Å²) in [6.07, 6.45) is 10.7. The molecule has 208 valence electrons. The summed E-state index contributed by atoms with van der Waals surface area (Å²) < 4.78 is 12.1. The van der Waals surface area contributed by atoms with Crippen molar-refractivity contribution in [3.8, 4) is 0 Å². The van der Waals surface area contributed by atoms with Crippen molar-refractivity contribution in [1.82, 2.24) is 9.80 Å². The fourth-order valence-corrected chi connectivity index (χ4v) is 6.54. The number of fused-ring (bicyclic) bond motifs is 1. The average molecular weight is 519 g/mol. The number of esters is 1. The van der Waals surface area contributed by atoms with Gasteiger partial charge in [-0.15, -0.1) is 13.2 Å². The Balaban J connectivity index is 1.89. The van der Waals surface area contributed by atoms with Crippen LogP contribution in [0.4, 0.5) is 0 Å². The molecule has 3 saturated heterocycles. The molecular formula is C29H46N2O6. The Hall–Kier alpha value is -2.19. The summed E-state index contributed by atoms with van der Waals surface area (Å²) in [5, 5.41) is 9.11. The normalized spacial score (nSPS) is 28.7. The molecule has 0 aromatic rings. The zero-order valence-electron chi connectivity index (χ0n) is 22.7. The first-order valence-corrected chi connectivity index (χ1v) is 14.2. The van der Waals surface area contributed by atoms with Crippen molar-refractivity contribution in [2.45, 2.75) is 102 Å². The molecule has 0 aromatic heterocycles. The average Bonchev–Trinajstić information content (AvgIpc) is 3.52. The van der Waals surface area contributed by atoms with E-state index in [1.54, 1.807) is 17.1 Å². The van der Waals surface area contributed by atoms with Gasteiger partial charge in [-0.3, -0.25) is 14.4 Å². The molecule has 8 nitrogen and oxygen atoms in total. The largest absolute Gasteiger partial charge is 0.465 e. The number of hydrogen-bond donors (Lipinski definition) is 1. The molecule has 1 N–H and O–H groups in total. The molecule has 0 aliphatic carbocycles. The topological polar surface area (TPSA) is 96.4 Å². The van der Waals surface area contributed by atoms with Crippen LogP contribution in [0.1, 0.15) is 78.1 Å². The highest BCUT2D eigenvalue weighted by Crippen LogP contribution is 2.59. The van der Waals surface area contributed by atoms with E-state index in [-0.39, 0.29) is 31.1 Å². The molecule has 3 aliphatic rings. The highest BCUT2D eigenvalue weighted by atomic mass is 16.6. The van der Waals surface area contributed by atoms with Crippen LogP contribution < -0.4 is 0 Å². The van der Waals surface area contributed by atoms with Crippen LogP contribution >= 0.6 is 0 Å². The second kappa shape index (κ2) is 13.6. The van der Waals surface area contributed by atoms with Gasteiger partial charge in [0.25, 0.3) is 0 Å². The number of carbonyl (C=O) groups is 3. The molecule has 1 spiro atoms. The number of aliphatic hydroxyl groups is 1. The van der Waals surface area contributed by atoms with E-state index >= 15 is 0 Å². The molecule has 3 fully saturated rings. The lowest BCUT2D eigenvalue weighted by Crippen LogP contribution is -2.57. The molecule has 0 saturated carbocycles. The van der Waals surface area contributed by atoms with Gasteiger partial charge < -0.3 is 24.4 Å². The third-order valence-corrected chi connectivity index (χ3v) is 8.26. The zero-order chi connectivity index (χ0) is 27.0. The number of ether oxygens (including phenoxy) is 2. The summed E-state index contributed by atoms with van der Waals surface area (Å²) in [6.45, 7) is 12.9. The van der Waals surface area contributed by atoms with Crippen molar-refractivity contribution >= 4 is 17.8 Å². The molecule has 6 atom stereocenters. The van der Waals surface area contributed by atoms with E-state index in [2.05, 4.69) is 20.1 Å². The number of unbranched alkanes of at least 4 members (excludes halogenated alkanes) is 4. The minimum Gasteiger partial charge on any atom is -0.465 e. The summed E-state index contributed by atoms with van der Waals surface area (Å²) >= 11 is 0. The van der Waals surface area contributed by atoms with Crippen molar-refractivity contribution in [3.63, 3.8) is 0 Å². The van der Waals surface area contributed by atoms with E-state index in [9.17, 15) is 14.4 Å². The lowest BCUT2D eigenvalue weighted by Gasteiger charge is -2.39. The smallest absolute Gasteiger partial charge is 0.312 e. The maximum absolute atomic E-state index is 14.2. The molecule has 0 radical (unpaired) electrons. The first-order valence-electron chi connectivity index (χ1n) is 14.2. The lowest BCUT2D eigenvalue weighted by atomic mass is 9.70. The second-order valence-electron chi connectivity index (χ2n) is 10.7. The third kappa shape index (κ3) is 5.95. The molecule has 3 aliphatic heterocycles. The summed E-state index contributed by atoms with van der Waals surface area (Å²) in [7, 11) is 0. The first-order chi connectivity index (χ1) is 17.9. The summed E-state index contributed by atoms with van der Waals surface area (Å²) in [5.74, 6) is -2.06. The van der Waals surface area contributed by atoms with Crippen molar-refractivity contribution in [3.05, 3.63) is 25.3 Å². The van der Waals surface area contributed by atoms with Gasteiger partial charge in [-0.2, -0.15) is 0 Å². The number of likely N-dealkylation sites (tertiary alicyclic amines) is 1. The molecule has 0 aromatic carbocycles. The highest BCUT2D eigenvalue weighted by Gasteiger charge is 2.75. The Morgan fingerprint density at radius 3 is 2.68 bits per heavy atom. The number of amides is 2. The molecule has 8 heteroatoms. The standard InChI is InChI=1S/C29H46N2O6/c1-5-8-13-20-36-28(35)23-22-15-16-29(37-22)24(23)26(33)31(18-11-9-10-12-19-32)25(29)27(34)30(17-7-3)21(4)14-6-2/h5,7,21-25,32H,1,3,6,8-20H2,2,4H3/t21?,22-,23+,24-,25?,29?/m0/s1. The number of carbonyl (C=O) groups excluding carboxylic acids is 3. The lowest BCUT2D eigenvalue weighted by molar-refractivity contribution is -0.155. The SMILES string of the molecule is C=CCCCOC(=O)[C@@H]1[C@@H]2CCC3(O2)C(C(=O)N(CC=C)C(C)CCC)N(CCCCCCO)C(=O)[C@H]13. The quantitative estimate of drug-likeness (QED) is 0.179. The number of nitrogens with zero attached hydrogens (tertiary/aromatic N) is 2. The number of allylic oxidation sites excluding steroid dienone is 1. The van der Waals surface area contributed by atoms with Crippen molar-refractivity contribution in [1.29, 1.82) is 0 Å². The van der Waals surface area contributed by atoms with Gasteiger partial charge >= 0.3 is 5.97 Å². The number of aliphatic hydroxyl groups excluding tert-OH is 1. The van der Waals surface area contributed by atoms with Gasteiger partial charge in [0.05, 0.1) is 24.5 Å². The number of hydrogen-bond acceptors (Lipinski definition) is 6. The minimum atomic E-state index is -1.000. The Morgan fingerprint density at radius 1 is 1.24 bits per heavy atom. The molecule has 3 rings (SSSR count). The molecular weight excluding hydrogens is 472 g/mol. The van der Waals surface area contributed by atoms with Crippen molar-refractivity contribution < 1.29 is 29.0 Å². The maximum atomic E-state index is 14.2. The van der Waals surface area contributed by atoms with Gasteiger partial charge in [-0.05, 0) is 51.9 Å². The molecule has 3 heterocycles. The van der Waals surface area contributed by atoms with E-state index in [1.807, 2.05) is 11.8 Å². The molecule has 2 bridgehead atoms. The van der Waals surface area contributed by atoms with Crippen LogP contribution in [0.2, 0.25) is 0 Å². The number of rotatable bonds is 17. The Morgan fingerprint density at radius 2 is 2.00 bits per heavy atom. The van der Waals surface area contributed by atoms with Crippen LogP contribution in [0.5, 0.6) is 0 Å². The van der Waals surface area contributed by atoms with Gasteiger partial charge in [-0.1, -0.05) is 38.3 Å². The molecule has 2 amide bonds. The second-order valence-corrected chi connectivity index (χ2v) is 10.7. The predicted molar refractivity (Wildman–Crippen MR) is 142 cm³/mol. The van der Waals surface area contributed by atoms with Crippen molar-refractivity contribution in [2.75, 3.05) is 26.3 Å². The predicted octanol–water partition coefficient (Wildman–Crippen LogP) is 3.63. The van der Waals surface area contributed by atoms with Crippen LogP contribution in [0.25, 0.3) is 0 Å². The highest BCUT2D eigenvalue weighted by molar-refractivity contribution is 5.98. The van der Waals surface area contributed by atoms with E-state index in [1.165, 1.54) is 0 Å². The van der Waals surface area contributed by atoms with Gasteiger partial charge in [0, 0.05) is 25.7 Å². The summed E-state index contributed by atoms with van der Waals surface area (Å²) in [4.78, 5) is 44.9. The van der Waals surface area contributed by atoms with Gasteiger partial charge in [0.1, 0.15) is 11.6 Å². The van der Waals surface area contributed by atoms with E-state index in [0.29, 0.717) is 32.4 Å². The van der Waals surface area contributed by atoms with E-state index in [4.69, 9.17) is 14.6 Å². The van der Waals surface area contributed by atoms with E-state index < -0.39 is 35.6 Å². The zero-order valence-corrected chi connectivity index (χ0v) is 22.7.